The van der Waals surface area contributed by atoms with E-state index in [2.05, 4.69) is 15.2 Å². The highest BCUT2D eigenvalue weighted by molar-refractivity contribution is 5.99. The second-order valence-electron chi connectivity index (χ2n) is 7.75. The number of nitrogens with zero attached hydrogens (tertiary/aromatic N) is 4. The molecular formula is C24H17F3N4O3. The molecule has 1 aliphatic heterocycles. The largest absolute Gasteiger partial charge is 0.415 e. The van der Waals surface area contributed by atoms with Crippen molar-refractivity contribution < 1.29 is 27.5 Å². The number of aliphatic hydroxyl groups excluding tert-OH is 1. The molecule has 2 aromatic heterocycles. The normalized spacial score (nSPS) is 15.0. The maximum Gasteiger partial charge on any atom is 0.314 e. The van der Waals surface area contributed by atoms with Gasteiger partial charge in [-0.15, -0.1) is 10.2 Å². The first-order chi connectivity index (χ1) is 16.4. The lowest BCUT2D eigenvalue weighted by Crippen LogP contribution is -2.34. The van der Waals surface area contributed by atoms with Gasteiger partial charge in [-0.3, -0.25) is 9.78 Å². The summed E-state index contributed by atoms with van der Waals surface area (Å²) in [7, 11) is 0. The molecule has 0 bridgehead atoms. The number of pyridine rings is 1. The van der Waals surface area contributed by atoms with Crippen molar-refractivity contribution in [3.8, 4) is 11.5 Å². The maximum absolute atomic E-state index is 13.8. The molecule has 0 saturated heterocycles. The number of alkyl halides is 2. The van der Waals surface area contributed by atoms with E-state index in [4.69, 9.17) is 4.42 Å². The van der Waals surface area contributed by atoms with Gasteiger partial charge in [0.15, 0.2) is 0 Å². The highest BCUT2D eigenvalue weighted by atomic mass is 19.3. The molecule has 2 aromatic carbocycles. The molecule has 0 unspecified atom stereocenters. The summed E-state index contributed by atoms with van der Waals surface area (Å²) < 4.78 is 44.5. The van der Waals surface area contributed by atoms with Gasteiger partial charge in [-0.2, -0.15) is 8.78 Å². The van der Waals surface area contributed by atoms with E-state index in [-0.39, 0.29) is 12.4 Å². The van der Waals surface area contributed by atoms with E-state index in [1.165, 1.54) is 29.2 Å². The minimum atomic E-state index is -2.91. The average molecular weight is 466 g/mol. The molecule has 1 amide bonds. The molecule has 2 atom stereocenters. The Kier molecular flexibility index (Phi) is 5.58. The number of carbonyl (C=O) groups excluding carboxylic acids is 1. The van der Waals surface area contributed by atoms with E-state index in [0.717, 1.165) is 0 Å². The van der Waals surface area contributed by atoms with E-state index < -0.39 is 36.2 Å². The van der Waals surface area contributed by atoms with Gasteiger partial charge in [0.1, 0.15) is 18.0 Å². The van der Waals surface area contributed by atoms with Crippen LogP contribution in [0.2, 0.25) is 0 Å². The molecular weight excluding hydrogens is 449 g/mol. The average Bonchev–Trinajstić information content (AvgIpc) is 3.46. The summed E-state index contributed by atoms with van der Waals surface area (Å²) in [6, 6.07) is 14.5. The second kappa shape index (κ2) is 8.71. The van der Waals surface area contributed by atoms with Crippen LogP contribution in [0.4, 0.5) is 13.2 Å². The number of aliphatic hydroxyl groups is 1. The number of fused-ring (bicyclic) bond motifs is 1. The molecule has 0 aliphatic carbocycles. The monoisotopic (exact) mass is 466 g/mol. The zero-order chi connectivity index (χ0) is 23.8. The number of rotatable bonds is 6. The summed E-state index contributed by atoms with van der Waals surface area (Å²) in [5, 5.41) is 18.1. The lowest BCUT2D eigenvalue weighted by Gasteiger charge is -2.31. The van der Waals surface area contributed by atoms with Gasteiger partial charge in [0.05, 0.1) is 5.69 Å². The molecule has 4 aromatic rings. The van der Waals surface area contributed by atoms with Crippen LogP contribution in [0.5, 0.6) is 0 Å². The van der Waals surface area contributed by atoms with Crippen molar-refractivity contribution in [2.45, 2.75) is 25.1 Å². The van der Waals surface area contributed by atoms with Crippen LogP contribution in [0.3, 0.4) is 0 Å². The first-order valence-electron chi connectivity index (χ1n) is 10.3. The van der Waals surface area contributed by atoms with Crippen molar-refractivity contribution >= 4 is 5.91 Å². The highest BCUT2D eigenvalue weighted by Crippen LogP contribution is 2.39. The number of halogens is 3. The van der Waals surface area contributed by atoms with Crippen molar-refractivity contribution in [2.75, 3.05) is 0 Å². The van der Waals surface area contributed by atoms with Crippen molar-refractivity contribution in [1.82, 2.24) is 20.1 Å². The molecule has 1 aliphatic rings. The fourth-order valence-electron chi connectivity index (χ4n) is 4.04. The second-order valence-corrected chi connectivity index (χ2v) is 7.75. The van der Waals surface area contributed by atoms with Gasteiger partial charge in [-0.05, 0) is 47.5 Å². The summed E-state index contributed by atoms with van der Waals surface area (Å²) in [5.41, 5.74) is 2.01. The number of amides is 1. The molecule has 0 spiro atoms. The minimum absolute atomic E-state index is 0.134. The molecule has 0 radical (unpaired) electrons. The Bertz CT molecular complexity index is 1350. The van der Waals surface area contributed by atoms with E-state index in [1.807, 2.05) is 0 Å². The Hall–Kier alpha value is -4.05. The minimum Gasteiger partial charge on any atom is -0.415 e. The van der Waals surface area contributed by atoms with Gasteiger partial charge in [-0.1, -0.05) is 24.3 Å². The summed E-state index contributed by atoms with van der Waals surface area (Å²) >= 11 is 0. The zero-order valence-corrected chi connectivity index (χ0v) is 17.5. The Labute approximate surface area is 191 Å². The van der Waals surface area contributed by atoms with E-state index >= 15 is 0 Å². The molecule has 10 heteroatoms. The molecule has 1 N–H and O–H groups in total. The third kappa shape index (κ3) is 3.92. The van der Waals surface area contributed by atoms with Crippen LogP contribution in [0.1, 0.15) is 51.6 Å². The molecule has 34 heavy (non-hydrogen) atoms. The van der Waals surface area contributed by atoms with E-state index in [1.54, 1.807) is 42.6 Å². The number of aromatic nitrogens is 3. The van der Waals surface area contributed by atoms with Crippen molar-refractivity contribution in [3.63, 3.8) is 0 Å². The van der Waals surface area contributed by atoms with Gasteiger partial charge in [-0.25, -0.2) is 4.39 Å². The van der Waals surface area contributed by atoms with Gasteiger partial charge >= 0.3 is 6.43 Å². The Morgan fingerprint density at radius 2 is 1.88 bits per heavy atom. The van der Waals surface area contributed by atoms with Crippen LogP contribution in [-0.2, 0) is 6.54 Å². The fourth-order valence-corrected chi connectivity index (χ4v) is 4.04. The van der Waals surface area contributed by atoms with Crippen LogP contribution in [0.15, 0.2) is 71.3 Å². The summed E-state index contributed by atoms with van der Waals surface area (Å²) in [6.07, 6.45) is -2.62. The third-order valence-electron chi connectivity index (χ3n) is 5.63. The summed E-state index contributed by atoms with van der Waals surface area (Å²) in [4.78, 5) is 19.2. The molecule has 0 fully saturated rings. The zero-order valence-electron chi connectivity index (χ0n) is 17.5. The number of hydrogen-bond acceptors (Lipinski definition) is 6. The standard InChI is InChI=1S/C24H17F3N4O3/c25-16-5-3-4-13(10-16)20(32)19(18-6-1-2-9-28-18)31-12-15-8-7-14(11-17(15)24(31)33)22-29-30-23(34-22)21(26)27/h1-11,19-21,32H,12H2/t19-,20+/m0/s1. The van der Waals surface area contributed by atoms with Crippen molar-refractivity contribution in [2.24, 2.45) is 0 Å². The van der Waals surface area contributed by atoms with Gasteiger partial charge in [0, 0.05) is 23.9 Å². The van der Waals surface area contributed by atoms with Crippen LogP contribution in [0, 0.1) is 5.82 Å². The summed E-state index contributed by atoms with van der Waals surface area (Å²) in [6.45, 7) is 0.161. The van der Waals surface area contributed by atoms with Gasteiger partial charge in [0.25, 0.3) is 11.8 Å². The van der Waals surface area contributed by atoms with Gasteiger partial charge < -0.3 is 14.4 Å². The Morgan fingerprint density at radius 3 is 2.59 bits per heavy atom. The van der Waals surface area contributed by atoms with Gasteiger partial charge in [0.2, 0.25) is 5.89 Å². The SMILES string of the molecule is O=C1c2cc(-c3nnc(C(F)F)o3)ccc2CN1[C@@H](c1ccccn1)[C@H](O)c1cccc(F)c1. The third-order valence-corrected chi connectivity index (χ3v) is 5.63. The first-order valence-corrected chi connectivity index (χ1v) is 10.3. The van der Waals surface area contributed by atoms with E-state index in [0.29, 0.717) is 27.9 Å². The summed E-state index contributed by atoms with van der Waals surface area (Å²) in [5.74, 6) is -1.86. The maximum atomic E-state index is 13.8. The van der Waals surface area contributed by atoms with Crippen LogP contribution in [0.25, 0.3) is 11.5 Å². The number of benzene rings is 2. The molecule has 3 heterocycles. The first kappa shape index (κ1) is 21.8. The smallest absolute Gasteiger partial charge is 0.314 e. The quantitative estimate of drug-likeness (QED) is 0.445. The Balaban J connectivity index is 1.51. The van der Waals surface area contributed by atoms with Crippen molar-refractivity contribution in [3.05, 3.63) is 101 Å². The number of carbonyl (C=O) groups is 1. The topological polar surface area (TPSA) is 92.4 Å². The Morgan fingerprint density at radius 1 is 1.03 bits per heavy atom. The molecule has 0 saturated carbocycles. The lowest BCUT2D eigenvalue weighted by atomic mass is 9.97. The fraction of sp³-hybridized carbons (Fsp3) is 0.167. The predicted molar refractivity (Wildman–Crippen MR) is 113 cm³/mol. The van der Waals surface area contributed by atoms with E-state index in [9.17, 15) is 23.1 Å². The predicted octanol–water partition coefficient (Wildman–Crippen LogP) is 4.64. The van der Waals surface area contributed by atoms with Crippen molar-refractivity contribution in [1.29, 1.82) is 0 Å². The molecule has 172 valence electrons. The van der Waals surface area contributed by atoms with Crippen LogP contribution >= 0.6 is 0 Å². The molecule has 7 nitrogen and oxygen atoms in total. The van der Waals surface area contributed by atoms with Crippen LogP contribution < -0.4 is 0 Å². The van der Waals surface area contributed by atoms with Crippen LogP contribution in [-0.4, -0.2) is 31.1 Å². The number of hydrogen-bond donors (Lipinski definition) is 1. The lowest BCUT2D eigenvalue weighted by molar-refractivity contribution is 0.0346. The molecule has 5 rings (SSSR count). The highest BCUT2D eigenvalue weighted by Gasteiger charge is 2.39.